The van der Waals surface area contributed by atoms with Gasteiger partial charge in [-0.3, -0.25) is 4.90 Å². The van der Waals surface area contributed by atoms with Crippen LogP contribution in [0.2, 0.25) is 0 Å². The molecule has 0 unspecified atom stereocenters. The van der Waals surface area contributed by atoms with Gasteiger partial charge in [-0.1, -0.05) is 0 Å². The molecule has 0 bridgehead atoms. The van der Waals surface area contributed by atoms with Gasteiger partial charge in [-0.15, -0.1) is 0 Å². The second-order valence-electron chi connectivity index (χ2n) is 6.90. The lowest BCUT2D eigenvalue weighted by Gasteiger charge is -2.46. The summed E-state index contributed by atoms with van der Waals surface area (Å²) in [6, 6.07) is 4.66. The molecular formula is C19H28N4O3. The van der Waals surface area contributed by atoms with Gasteiger partial charge in [0.1, 0.15) is 11.6 Å². The summed E-state index contributed by atoms with van der Waals surface area (Å²) in [5.74, 6) is 0.840. The minimum Gasteiger partial charge on any atom is -0.480 e. The number of aliphatic hydroxyl groups excluding tert-OH is 1. The van der Waals surface area contributed by atoms with Crippen LogP contribution in [0, 0.1) is 17.2 Å². The van der Waals surface area contributed by atoms with Crippen LogP contribution in [0.15, 0.2) is 12.3 Å². The van der Waals surface area contributed by atoms with Crippen LogP contribution in [-0.4, -0.2) is 74.1 Å². The molecule has 7 heteroatoms. The maximum absolute atomic E-state index is 9.57. The molecule has 3 rings (SSSR count). The third kappa shape index (κ3) is 4.09. The fraction of sp³-hybridized carbons (Fsp3) is 0.684. The highest BCUT2D eigenvalue weighted by Crippen LogP contribution is 2.33. The zero-order chi connectivity index (χ0) is 18.4. The van der Waals surface area contributed by atoms with Crippen molar-refractivity contribution in [3.05, 3.63) is 17.8 Å². The Morgan fingerprint density at radius 3 is 2.88 bits per heavy atom. The van der Waals surface area contributed by atoms with E-state index in [0.717, 1.165) is 64.3 Å². The zero-order valence-corrected chi connectivity index (χ0v) is 15.4. The Morgan fingerprint density at radius 2 is 2.19 bits per heavy atom. The van der Waals surface area contributed by atoms with Gasteiger partial charge in [-0.25, -0.2) is 4.98 Å². The lowest BCUT2D eigenvalue weighted by Crippen LogP contribution is -2.54. The van der Waals surface area contributed by atoms with Gasteiger partial charge in [0, 0.05) is 45.0 Å². The summed E-state index contributed by atoms with van der Waals surface area (Å²) in [6.45, 7) is 5.56. The van der Waals surface area contributed by atoms with Crippen molar-refractivity contribution < 1.29 is 14.6 Å². The van der Waals surface area contributed by atoms with Gasteiger partial charge in [0.25, 0.3) is 0 Å². The number of hydrogen-bond acceptors (Lipinski definition) is 7. The van der Waals surface area contributed by atoms with Crippen molar-refractivity contribution in [3.8, 4) is 11.9 Å². The van der Waals surface area contributed by atoms with E-state index in [2.05, 4.69) is 20.9 Å². The fourth-order valence-corrected chi connectivity index (χ4v) is 4.22. The maximum atomic E-state index is 9.57. The molecule has 0 radical (unpaired) electrons. The predicted molar refractivity (Wildman–Crippen MR) is 98.3 cm³/mol. The molecule has 2 fully saturated rings. The van der Waals surface area contributed by atoms with Gasteiger partial charge in [0.2, 0.25) is 5.88 Å². The Balaban J connectivity index is 1.79. The van der Waals surface area contributed by atoms with E-state index >= 15 is 0 Å². The van der Waals surface area contributed by atoms with Crippen LogP contribution >= 0.6 is 0 Å². The Hall–Kier alpha value is -1.88. The van der Waals surface area contributed by atoms with Crippen LogP contribution in [0.5, 0.6) is 5.88 Å². The summed E-state index contributed by atoms with van der Waals surface area (Å²) in [5.41, 5.74) is 1.40. The molecule has 1 aromatic rings. The summed E-state index contributed by atoms with van der Waals surface area (Å²) >= 11 is 0. The number of piperidine rings is 1. The molecule has 2 aliphatic heterocycles. The van der Waals surface area contributed by atoms with Crippen LogP contribution < -0.4 is 9.64 Å². The average Bonchev–Trinajstić information content (AvgIpc) is 2.72. The number of morpholine rings is 1. The number of aliphatic hydroxyl groups is 1. The Labute approximate surface area is 155 Å². The third-order valence-electron chi connectivity index (χ3n) is 5.48. The molecule has 0 aliphatic carbocycles. The fourth-order valence-electron chi connectivity index (χ4n) is 4.22. The number of pyridine rings is 1. The van der Waals surface area contributed by atoms with E-state index in [1.807, 2.05) is 6.07 Å². The molecule has 1 N–H and O–H groups in total. The molecule has 2 aliphatic rings. The first-order chi connectivity index (χ1) is 12.8. The standard InChI is InChI=1S/C19H28N4O3/c1-25-19-16(13-20)18(4-6-21-19)23-7-5-17(15(14-23)3-2-10-24)22-8-11-26-12-9-22/h4,6,15,17,24H,2-3,5,7-12,14H2,1H3/t15-,17+/m1/s1. The summed E-state index contributed by atoms with van der Waals surface area (Å²) in [4.78, 5) is 8.98. The molecule has 0 spiro atoms. The number of aromatic nitrogens is 1. The highest BCUT2D eigenvalue weighted by atomic mass is 16.5. The number of anilines is 1. The molecule has 2 atom stereocenters. The van der Waals surface area contributed by atoms with Crippen molar-refractivity contribution in [2.24, 2.45) is 5.92 Å². The molecule has 3 heterocycles. The number of nitrogens with zero attached hydrogens (tertiary/aromatic N) is 4. The van der Waals surface area contributed by atoms with Crippen molar-refractivity contribution in [2.75, 3.05) is 58.0 Å². The van der Waals surface area contributed by atoms with Crippen molar-refractivity contribution in [1.29, 1.82) is 5.26 Å². The number of ether oxygens (including phenoxy) is 2. The highest BCUT2D eigenvalue weighted by molar-refractivity contribution is 5.63. The van der Waals surface area contributed by atoms with E-state index < -0.39 is 0 Å². The SMILES string of the molecule is COc1nccc(N2CC[C@H](N3CCOCC3)[C@H](CCCO)C2)c1C#N. The molecule has 0 aromatic carbocycles. The molecule has 142 valence electrons. The lowest BCUT2D eigenvalue weighted by atomic mass is 9.86. The van der Waals surface area contributed by atoms with Crippen LogP contribution in [0.4, 0.5) is 5.69 Å². The molecule has 7 nitrogen and oxygen atoms in total. The van der Waals surface area contributed by atoms with Gasteiger partial charge in [-0.2, -0.15) is 5.26 Å². The maximum Gasteiger partial charge on any atom is 0.233 e. The van der Waals surface area contributed by atoms with Crippen molar-refractivity contribution in [1.82, 2.24) is 9.88 Å². The molecule has 2 saturated heterocycles. The second-order valence-corrected chi connectivity index (χ2v) is 6.90. The molecular weight excluding hydrogens is 332 g/mol. The Bertz CT molecular complexity index is 628. The summed E-state index contributed by atoms with van der Waals surface area (Å²) in [5, 5.41) is 18.9. The number of hydrogen-bond donors (Lipinski definition) is 1. The van der Waals surface area contributed by atoms with Crippen LogP contribution in [0.25, 0.3) is 0 Å². The number of rotatable bonds is 6. The van der Waals surface area contributed by atoms with Crippen LogP contribution in [0.3, 0.4) is 0 Å². The van der Waals surface area contributed by atoms with Gasteiger partial charge in [-0.05, 0) is 31.2 Å². The van der Waals surface area contributed by atoms with E-state index in [1.165, 1.54) is 0 Å². The van der Waals surface area contributed by atoms with Crippen LogP contribution in [0.1, 0.15) is 24.8 Å². The monoisotopic (exact) mass is 360 g/mol. The first kappa shape index (κ1) is 18.9. The molecule has 26 heavy (non-hydrogen) atoms. The first-order valence-electron chi connectivity index (χ1n) is 9.39. The predicted octanol–water partition coefficient (Wildman–Crippen LogP) is 1.26. The van der Waals surface area contributed by atoms with Crippen molar-refractivity contribution in [2.45, 2.75) is 25.3 Å². The normalized spacial score (nSPS) is 24.3. The van der Waals surface area contributed by atoms with E-state index in [4.69, 9.17) is 9.47 Å². The third-order valence-corrected chi connectivity index (χ3v) is 5.48. The smallest absolute Gasteiger partial charge is 0.233 e. The Morgan fingerprint density at radius 1 is 1.38 bits per heavy atom. The van der Waals surface area contributed by atoms with E-state index in [-0.39, 0.29) is 6.61 Å². The highest BCUT2D eigenvalue weighted by Gasteiger charge is 2.34. The number of methoxy groups -OCH3 is 1. The van der Waals surface area contributed by atoms with Gasteiger partial charge < -0.3 is 19.5 Å². The molecule has 1 aromatic heterocycles. The molecule has 0 amide bonds. The Kier molecular flexibility index (Phi) is 6.67. The van der Waals surface area contributed by atoms with E-state index in [1.54, 1.807) is 13.3 Å². The number of nitriles is 1. The van der Waals surface area contributed by atoms with Crippen molar-refractivity contribution in [3.63, 3.8) is 0 Å². The van der Waals surface area contributed by atoms with E-state index in [9.17, 15) is 10.4 Å². The summed E-state index contributed by atoms with van der Waals surface area (Å²) in [6.07, 6.45) is 4.54. The summed E-state index contributed by atoms with van der Waals surface area (Å²) < 4.78 is 10.8. The molecule has 0 saturated carbocycles. The van der Waals surface area contributed by atoms with Crippen molar-refractivity contribution >= 4 is 5.69 Å². The average molecular weight is 360 g/mol. The zero-order valence-electron chi connectivity index (χ0n) is 15.4. The van der Waals surface area contributed by atoms with Gasteiger partial charge in [0.05, 0.1) is 26.0 Å². The lowest BCUT2D eigenvalue weighted by molar-refractivity contribution is -0.00411. The van der Waals surface area contributed by atoms with E-state index in [0.29, 0.717) is 23.4 Å². The minimum atomic E-state index is 0.221. The minimum absolute atomic E-state index is 0.221. The second kappa shape index (κ2) is 9.17. The van der Waals surface area contributed by atoms with Gasteiger partial charge in [0.15, 0.2) is 0 Å². The van der Waals surface area contributed by atoms with Gasteiger partial charge >= 0.3 is 0 Å². The topological polar surface area (TPSA) is 81.8 Å². The first-order valence-corrected chi connectivity index (χ1v) is 9.39. The quantitative estimate of drug-likeness (QED) is 0.818. The summed E-state index contributed by atoms with van der Waals surface area (Å²) in [7, 11) is 1.54. The largest absolute Gasteiger partial charge is 0.480 e. The van der Waals surface area contributed by atoms with Crippen LogP contribution in [-0.2, 0) is 4.74 Å².